The fourth-order valence-corrected chi connectivity index (χ4v) is 3.16. The molecule has 0 bridgehead atoms. The number of nitrogens with one attached hydrogen (secondary N) is 3. The lowest BCUT2D eigenvalue weighted by molar-refractivity contribution is -0.114. The summed E-state index contributed by atoms with van der Waals surface area (Å²) < 4.78 is 0. The van der Waals surface area contributed by atoms with Gasteiger partial charge in [-0.25, -0.2) is 4.99 Å². The van der Waals surface area contributed by atoms with Gasteiger partial charge in [-0.3, -0.25) is 19.9 Å². The van der Waals surface area contributed by atoms with Gasteiger partial charge in [-0.05, 0) is 65.9 Å². The first-order valence-electron chi connectivity index (χ1n) is 10.9. The number of rotatable bonds is 7. The van der Waals surface area contributed by atoms with Gasteiger partial charge in [0.1, 0.15) is 0 Å². The van der Waals surface area contributed by atoms with Gasteiger partial charge in [0.2, 0.25) is 11.9 Å². The van der Waals surface area contributed by atoms with E-state index in [2.05, 4.69) is 51.9 Å². The quantitative estimate of drug-likeness (QED) is 0.356. The maximum Gasteiger partial charge on any atom is 0.258 e. The average Bonchev–Trinajstić information content (AvgIpc) is 2.83. The minimum atomic E-state index is -0.334. The fraction of sp³-hybridized carbons (Fsp3) is 0.231. The summed E-state index contributed by atoms with van der Waals surface area (Å²) in [6, 6.07) is 18.6. The summed E-state index contributed by atoms with van der Waals surface area (Å²) in [6.45, 7) is 6.16. The molecule has 1 heterocycles. The number of nitrogens with zero attached hydrogens (tertiary/aromatic N) is 2. The number of hydrogen-bond acceptors (Lipinski definition) is 4. The molecular weight excluding hydrogens is 414 g/mol. The number of aromatic nitrogens is 1. The molecule has 0 aliphatic rings. The molecule has 0 saturated carbocycles. The highest BCUT2D eigenvalue weighted by atomic mass is 16.2. The highest BCUT2D eigenvalue weighted by molar-refractivity contribution is 6.10. The summed E-state index contributed by atoms with van der Waals surface area (Å²) in [5.41, 5.74) is 4.02. The third kappa shape index (κ3) is 7.28. The van der Waals surface area contributed by atoms with Crippen LogP contribution >= 0.6 is 0 Å². The predicted molar refractivity (Wildman–Crippen MR) is 132 cm³/mol. The number of guanidine groups is 1. The van der Waals surface area contributed by atoms with Crippen molar-refractivity contribution in [2.75, 3.05) is 10.6 Å². The lowest BCUT2D eigenvalue weighted by atomic mass is 9.99. The van der Waals surface area contributed by atoms with E-state index in [0.29, 0.717) is 29.7 Å². The average molecular weight is 444 g/mol. The summed E-state index contributed by atoms with van der Waals surface area (Å²) in [5.74, 6) is 0.279. The number of carbonyl (C=O) groups excluding carboxylic acids is 2. The molecule has 1 atom stereocenters. The van der Waals surface area contributed by atoms with Gasteiger partial charge in [0, 0.05) is 36.3 Å². The van der Waals surface area contributed by atoms with Crippen LogP contribution in [-0.2, 0) is 11.3 Å². The molecule has 1 aromatic heterocycles. The van der Waals surface area contributed by atoms with Gasteiger partial charge in [-0.15, -0.1) is 0 Å². The normalized spacial score (nSPS) is 12.0. The second kappa shape index (κ2) is 11.6. The van der Waals surface area contributed by atoms with Crippen LogP contribution in [0.15, 0.2) is 78.0 Å². The Morgan fingerprint density at radius 3 is 2.36 bits per heavy atom. The summed E-state index contributed by atoms with van der Waals surface area (Å²) >= 11 is 0. The van der Waals surface area contributed by atoms with E-state index in [9.17, 15) is 9.59 Å². The zero-order chi connectivity index (χ0) is 23.6. The standard InChI is InChI=1S/C26H29N5O2/c1-4-18(2)21-8-10-23(11-9-21)30-26(28-17-20-12-14-27-15-13-20)31-25(33)22-6-5-7-24(16-22)29-19(3)32/h5-16,18H,4,17H2,1-3H3,(H,29,32)(H2,28,30,31,33)/t18-/m1/s1. The van der Waals surface area contributed by atoms with Crippen molar-refractivity contribution in [2.24, 2.45) is 4.99 Å². The first-order chi connectivity index (χ1) is 15.9. The van der Waals surface area contributed by atoms with Gasteiger partial charge in [-0.2, -0.15) is 0 Å². The molecule has 0 saturated heterocycles. The topological polar surface area (TPSA) is 95.5 Å². The van der Waals surface area contributed by atoms with Gasteiger partial charge >= 0.3 is 0 Å². The molecule has 0 unspecified atom stereocenters. The molecule has 33 heavy (non-hydrogen) atoms. The van der Waals surface area contributed by atoms with Crippen LogP contribution in [0, 0.1) is 0 Å². The molecule has 0 spiro atoms. The molecule has 3 aromatic rings. The number of amides is 2. The highest BCUT2D eigenvalue weighted by Crippen LogP contribution is 2.20. The first-order valence-corrected chi connectivity index (χ1v) is 10.9. The number of pyridine rings is 1. The molecular formula is C26H29N5O2. The lowest BCUT2D eigenvalue weighted by Gasteiger charge is -2.14. The monoisotopic (exact) mass is 443 g/mol. The maximum atomic E-state index is 12.9. The third-order valence-corrected chi connectivity index (χ3v) is 5.20. The summed E-state index contributed by atoms with van der Waals surface area (Å²) in [7, 11) is 0. The van der Waals surface area contributed by atoms with Crippen LogP contribution in [0.25, 0.3) is 0 Å². The Hall–Kier alpha value is -4.00. The van der Waals surface area contributed by atoms with Crippen molar-refractivity contribution in [3.8, 4) is 0 Å². The van der Waals surface area contributed by atoms with E-state index in [1.54, 1.807) is 36.7 Å². The van der Waals surface area contributed by atoms with Gasteiger partial charge in [0.25, 0.3) is 5.91 Å². The molecule has 2 amide bonds. The Labute approximate surface area is 194 Å². The number of aliphatic imine (C=N–C) groups is 1. The Morgan fingerprint density at radius 1 is 0.970 bits per heavy atom. The van der Waals surface area contributed by atoms with Crippen LogP contribution in [-0.4, -0.2) is 22.8 Å². The largest absolute Gasteiger partial charge is 0.326 e. The molecule has 7 heteroatoms. The molecule has 0 radical (unpaired) electrons. The van der Waals surface area contributed by atoms with E-state index in [-0.39, 0.29) is 11.8 Å². The second-order valence-electron chi connectivity index (χ2n) is 7.79. The van der Waals surface area contributed by atoms with Crippen LogP contribution in [0.5, 0.6) is 0 Å². The van der Waals surface area contributed by atoms with Crippen molar-refractivity contribution in [2.45, 2.75) is 39.7 Å². The van der Waals surface area contributed by atoms with Crippen molar-refractivity contribution in [3.63, 3.8) is 0 Å². The predicted octanol–water partition coefficient (Wildman–Crippen LogP) is 4.95. The molecule has 0 aliphatic heterocycles. The van der Waals surface area contributed by atoms with Crippen LogP contribution in [0.2, 0.25) is 0 Å². The Kier molecular flexibility index (Phi) is 8.30. The van der Waals surface area contributed by atoms with Crippen LogP contribution in [0.3, 0.4) is 0 Å². The third-order valence-electron chi connectivity index (χ3n) is 5.20. The van der Waals surface area contributed by atoms with Gasteiger partial charge < -0.3 is 10.6 Å². The smallest absolute Gasteiger partial charge is 0.258 e. The van der Waals surface area contributed by atoms with Crippen LogP contribution in [0.4, 0.5) is 11.4 Å². The maximum absolute atomic E-state index is 12.9. The number of benzene rings is 2. The van der Waals surface area contributed by atoms with Crippen LogP contribution < -0.4 is 16.0 Å². The summed E-state index contributed by atoms with van der Waals surface area (Å²) in [5, 5.41) is 8.75. The highest BCUT2D eigenvalue weighted by Gasteiger charge is 2.11. The van der Waals surface area contributed by atoms with Crippen molar-refractivity contribution >= 4 is 29.1 Å². The zero-order valence-electron chi connectivity index (χ0n) is 19.1. The van der Waals surface area contributed by atoms with E-state index < -0.39 is 0 Å². The minimum absolute atomic E-state index is 0.199. The number of anilines is 2. The Morgan fingerprint density at radius 2 is 1.70 bits per heavy atom. The number of carbonyl (C=O) groups is 2. The molecule has 3 rings (SSSR count). The molecule has 0 fully saturated rings. The van der Waals surface area contributed by atoms with E-state index in [4.69, 9.17) is 0 Å². The van der Waals surface area contributed by atoms with Crippen molar-refractivity contribution < 1.29 is 9.59 Å². The van der Waals surface area contributed by atoms with Crippen molar-refractivity contribution in [1.29, 1.82) is 0 Å². The van der Waals surface area contributed by atoms with Crippen LogP contribution in [0.1, 0.15) is 54.6 Å². The van der Waals surface area contributed by atoms with Crippen molar-refractivity contribution in [1.82, 2.24) is 10.3 Å². The van der Waals surface area contributed by atoms with E-state index in [0.717, 1.165) is 17.7 Å². The second-order valence-corrected chi connectivity index (χ2v) is 7.79. The van der Waals surface area contributed by atoms with E-state index in [1.807, 2.05) is 24.3 Å². The van der Waals surface area contributed by atoms with Crippen molar-refractivity contribution in [3.05, 3.63) is 89.7 Å². The SMILES string of the molecule is CC[C@@H](C)c1ccc(NC(=NCc2ccncc2)NC(=O)c2cccc(NC(C)=O)c2)cc1. The zero-order valence-corrected chi connectivity index (χ0v) is 19.1. The Bertz CT molecular complexity index is 1110. The summed E-state index contributed by atoms with van der Waals surface area (Å²) in [6.07, 6.45) is 4.48. The van der Waals surface area contributed by atoms with Gasteiger partial charge in [0.15, 0.2) is 0 Å². The molecule has 2 aromatic carbocycles. The Balaban J connectivity index is 1.79. The number of hydrogen-bond donors (Lipinski definition) is 3. The molecule has 0 aliphatic carbocycles. The molecule has 170 valence electrons. The lowest BCUT2D eigenvalue weighted by Crippen LogP contribution is -2.36. The first kappa shape index (κ1) is 23.7. The summed E-state index contributed by atoms with van der Waals surface area (Å²) in [4.78, 5) is 32.9. The molecule has 7 nitrogen and oxygen atoms in total. The van der Waals surface area contributed by atoms with E-state index >= 15 is 0 Å². The minimum Gasteiger partial charge on any atom is -0.326 e. The fourth-order valence-electron chi connectivity index (χ4n) is 3.16. The van der Waals surface area contributed by atoms with Gasteiger partial charge in [-0.1, -0.05) is 32.0 Å². The van der Waals surface area contributed by atoms with Gasteiger partial charge in [0.05, 0.1) is 6.54 Å². The van der Waals surface area contributed by atoms with E-state index in [1.165, 1.54) is 12.5 Å². The molecule has 3 N–H and O–H groups in total.